The number of aliphatic imine (C=N–C) groups is 1. The molecular weight excluding hydrogens is 288 g/mol. The van der Waals surface area contributed by atoms with Gasteiger partial charge in [0, 0.05) is 32.6 Å². The maximum absolute atomic E-state index is 11.7. The molecule has 5 heteroatoms. The summed E-state index contributed by atoms with van der Waals surface area (Å²) < 4.78 is 0. The molecule has 0 saturated heterocycles. The van der Waals surface area contributed by atoms with Crippen molar-refractivity contribution in [2.75, 3.05) is 33.7 Å². The fourth-order valence-corrected chi connectivity index (χ4v) is 1.93. The predicted octanol–water partition coefficient (Wildman–Crippen LogP) is 1.77. The van der Waals surface area contributed by atoms with Crippen LogP contribution in [0.3, 0.4) is 0 Å². The summed E-state index contributed by atoms with van der Waals surface area (Å²) in [5.41, 5.74) is 1.20. The number of amides is 1. The van der Waals surface area contributed by atoms with Gasteiger partial charge in [0.15, 0.2) is 5.96 Å². The van der Waals surface area contributed by atoms with Gasteiger partial charge >= 0.3 is 0 Å². The summed E-state index contributed by atoms with van der Waals surface area (Å²) in [6.07, 6.45) is 1.76. The molecule has 0 aliphatic rings. The first-order valence-corrected chi connectivity index (χ1v) is 7.75. The first-order chi connectivity index (χ1) is 10.9. The molecule has 1 rings (SSSR count). The fourth-order valence-electron chi connectivity index (χ4n) is 1.93. The SMILES string of the molecule is C=CCNC(=NCC(=O)N(C)C)NCC(C)(C)c1ccccc1. The number of nitrogens with one attached hydrogen (secondary N) is 2. The Bertz CT molecular complexity index is 535. The van der Waals surface area contributed by atoms with Crippen molar-refractivity contribution < 1.29 is 4.79 Å². The van der Waals surface area contributed by atoms with Gasteiger partial charge < -0.3 is 15.5 Å². The van der Waals surface area contributed by atoms with Crippen molar-refractivity contribution in [3.63, 3.8) is 0 Å². The van der Waals surface area contributed by atoms with Crippen LogP contribution in [0.4, 0.5) is 0 Å². The second kappa shape index (κ2) is 8.98. The highest BCUT2D eigenvalue weighted by molar-refractivity contribution is 5.84. The third-order valence-electron chi connectivity index (χ3n) is 3.54. The van der Waals surface area contributed by atoms with Crippen molar-refractivity contribution in [3.05, 3.63) is 48.6 Å². The van der Waals surface area contributed by atoms with E-state index in [2.05, 4.69) is 48.2 Å². The van der Waals surface area contributed by atoms with E-state index in [1.54, 1.807) is 20.2 Å². The van der Waals surface area contributed by atoms with Gasteiger partial charge in [-0.05, 0) is 5.56 Å². The number of benzene rings is 1. The van der Waals surface area contributed by atoms with Gasteiger partial charge in [-0.15, -0.1) is 6.58 Å². The van der Waals surface area contributed by atoms with Crippen molar-refractivity contribution in [3.8, 4) is 0 Å². The quantitative estimate of drug-likeness (QED) is 0.458. The van der Waals surface area contributed by atoms with Gasteiger partial charge in [-0.1, -0.05) is 50.3 Å². The molecule has 5 nitrogen and oxygen atoms in total. The van der Waals surface area contributed by atoms with E-state index in [1.807, 2.05) is 18.2 Å². The van der Waals surface area contributed by atoms with Crippen LogP contribution in [0.5, 0.6) is 0 Å². The van der Waals surface area contributed by atoms with Crippen LogP contribution in [-0.2, 0) is 10.2 Å². The minimum absolute atomic E-state index is 0.0352. The van der Waals surface area contributed by atoms with Gasteiger partial charge in [0.05, 0.1) is 0 Å². The standard InChI is InChI=1S/C18H28N4O/c1-6-12-19-17(20-13-16(23)22(4)5)21-14-18(2,3)15-10-8-7-9-11-15/h6-11H,1,12-14H2,2-5H3,(H2,19,20,21). The molecule has 0 unspecified atom stereocenters. The highest BCUT2D eigenvalue weighted by Crippen LogP contribution is 2.21. The van der Waals surface area contributed by atoms with E-state index >= 15 is 0 Å². The Hall–Kier alpha value is -2.30. The fraction of sp³-hybridized carbons (Fsp3) is 0.444. The lowest BCUT2D eigenvalue weighted by atomic mass is 9.85. The highest BCUT2D eigenvalue weighted by Gasteiger charge is 2.20. The van der Waals surface area contributed by atoms with E-state index in [0.717, 1.165) is 0 Å². The first kappa shape index (κ1) is 18.7. The topological polar surface area (TPSA) is 56.7 Å². The van der Waals surface area contributed by atoms with E-state index in [-0.39, 0.29) is 17.9 Å². The summed E-state index contributed by atoms with van der Waals surface area (Å²) in [4.78, 5) is 17.6. The molecule has 0 fully saturated rings. The lowest BCUT2D eigenvalue weighted by molar-refractivity contribution is -0.127. The van der Waals surface area contributed by atoms with Gasteiger partial charge in [0.2, 0.25) is 5.91 Å². The molecule has 1 aromatic rings. The number of carbonyl (C=O) groups excluding carboxylic acids is 1. The Balaban J connectivity index is 2.71. The molecule has 0 spiro atoms. The van der Waals surface area contributed by atoms with Gasteiger partial charge in [0.1, 0.15) is 6.54 Å². The third-order valence-corrected chi connectivity index (χ3v) is 3.54. The number of hydrogen-bond donors (Lipinski definition) is 2. The van der Waals surface area contributed by atoms with Crippen LogP contribution in [0.1, 0.15) is 19.4 Å². The number of carbonyl (C=O) groups is 1. The van der Waals surface area contributed by atoms with E-state index < -0.39 is 0 Å². The van der Waals surface area contributed by atoms with Crippen molar-refractivity contribution in [1.29, 1.82) is 0 Å². The second-order valence-electron chi connectivity index (χ2n) is 6.23. The zero-order valence-corrected chi connectivity index (χ0v) is 14.6. The maximum atomic E-state index is 11.7. The number of nitrogens with zero attached hydrogens (tertiary/aromatic N) is 2. The molecule has 1 amide bonds. The molecule has 0 aliphatic carbocycles. The van der Waals surface area contributed by atoms with Crippen LogP contribution in [-0.4, -0.2) is 50.5 Å². The van der Waals surface area contributed by atoms with Crippen LogP contribution >= 0.6 is 0 Å². The Morgan fingerprint density at radius 3 is 2.48 bits per heavy atom. The summed E-state index contributed by atoms with van der Waals surface area (Å²) in [5, 5.41) is 6.45. The number of hydrogen-bond acceptors (Lipinski definition) is 2. The van der Waals surface area contributed by atoms with E-state index in [1.165, 1.54) is 10.5 Å². The van der Waals surface area contributed by atoms with Crippen molar-refractivity contribution in [1.82, 2.24) is 15.5 Å². The zero-order valence-electron chi connectivity index (χ0n) is 14.6. The molecule has 0 heterocycles. The molecule has 1 aromatic carbocycles. The molecule has 0 saturated carbocycles. The van der Waals surface area contributed by atoms with Crippen molar-refractivity contribution in [2.45, 2.75) is 19.3 Å². The molecule has 0 radical (unpaired) electrons. The predicted molar refractivity (Wildman–Crippen MR) is 96.7 cm³/mol. The molecule has 23 heavy (non-hydrogen) atoms. The first-order valence-electron chi connectivity index (χ1n) is 7.75. The molecular formula is C18H28N4O. The Kier molecular flexibility index (Phi) is 7.32. The Labute approximate surface area is 139 Å². The zero-order chi connectivity index (χ0) is 17.3. The van der Waals surface area contributed by atoms with Gasteiger partial charge in [-0.2, -0.15) is 0 Å². The molecule has 2 N–H and O–H groups in total. The van der Waals surface area contributed by atoms with Crippen molar-refractivity contribution in [2.24, 2.45) is 4.99 Å². The minimum Gasteiger partial charge on any atom is -0.356 e. The largest absolute Gasteiger partial charge is 0.356 e. The minimum atomic E-state index is -0.0521. The molecule has 0 atom stereocenters. The third kappa shape index (κ3) is 6.55. The van der Waals surface area contributed by atoms with Crippen LogP contribution in [0.2, 0.25) is 0 Å². The van der Waals surface area contributed by atoms with E-state index in [9.17, 15) is 4.79 Å². The number of guanidine groups is 1. The molecule has 0 aliphatic heterocycles. The van der Waals surface area contributed by atoms with Crippen LogP contribution in [0.15, 0.2) is 48.0 Å². The summed E-state index contributed by atoms with van der Waals surface area (Å²) in [5.74, 6) is 0.580. The van der Waals surface area contributed by atoms with E-state index in [4.69, 9.17) is 0 Å². The number of rotatable bonds is 7. The Morgan fingerprint density at radius 1 is 1.26 bits per heavy atom. The van der Waals surface area contributed by atoms with Gasteiger partial charge in [-0.25, -0.2) is 4.99 Å². The summed E-state index contributed by atoms with van der Waals surface area (Å²) >= 11 is 0. The maximum Gasteiger partial charge on any atom is 0.243 e. The normalized spacial score (nSPS) is 11.7. The Morgan fingerprint density at radius 2 is 1.91 bits per heavy atom. The second-order valence-corrected chi connectivity index (χ2v) is 6.23. The van der Waals surface area contributed by atoms with Gasteiger partial charge in [-0.3, -0.25) is 4.79 Å². The highest BCUT2D eigenvalue weighted by atomic mass is 16.2. The monoisotopic (exact) mass is 316 g/mol. The molecule has 126 valence electrons. The lowest BCUT2D eigenvalue weighted by Gasteiger charge is -2.26. The van der Waals surface area contributed by atoms with Crippen LogP contribution < -0.4 is 10.6 Å². The number of likely N-dealkylation sites (N-methyl/N-ethyl adjacent to an activating group) is 1. The molecule has 0 bridgehead atoms. The molecule has 0 aromatic heterocycles. The van der Waals surface area contributed by atoms with Crippen LogP contribution in [0.25, 0.3) is 0 Å². The lowest BCUT2D eigenvalue weighted by Crippen LogP contribution is -2.44. The smallest absolute Gasteiger partial charge is 0.243 e. The summed E-state index contributed by atoms with van der Waals surface area (Å²) in [7, 11) is 3.45. The van der Waals surface area contributed by atoms with Gasteiger partial charge in [0.25, 0.3) is 0 Å². The summed E-state index contributed by atoms with van der Waals surface area (Å²) in [6.45, 7) is 9.45. The average Bonchev–Trinajstić information content (AvgIpc) is 2.54. The summed E-state index contributed by atoms with van der Waals surface area (Å²) in [6, 6.07) is 10.3. The van der Waals surface area contributed by atoms with E-state index in [0.29, 0.717) is 19.0 Å². The van der Waals surface area contributed by atoms with Crippen molar-refractivity contribution >= 4 is 11.9 Å². The van der Waals surface area contributed by atoms with Crippen LogP contribution in [0, 0.1) is 0 Å². The average molecular weight is 316 g/mol.